The summed E-state index contributed by atoms with van der Waals surface area (Å²) >= 11 is 0. The van der Waals surface area contributed by atoms with Crippen LogP contribution in [0.1, 0.15) is 29.6 Å². The van der Waals surface area contributed by atoms with Gasteiger partial charge in [0, 0.05) is 19.5 Å². The van der Waals surface area contributed by atoms with E-state index in [-0.39, 0.29) is 18.5 Å². The monoisotopic (exact) mass is 388 g/mol. The molecule has 1 aromatic heterocycles. The molecule has 150 valence electrons. The summed E-state index contributed by atoms with van der Waals surface area (Å²) in [5.74, 6) is 0.633. The zero-order valence-electron chi connectivity index (χ0n) is 15.8. The van der Waals surface area contributed by atoms with Crippen molar-refractivity contribution in [2.45, 2.75) is 25.4 Å². The maximum absolute atomic E-state index is 12.1. The fourth-order valence-corrected chi connectivity index (χ4v) is 2.94. The van der Waals surface area contributed by atoms with Crippen molar-refractivity contribution in [3.05, 3.63) is 47.6 Å². The van der Waals surface area contributed by atoms with Crippen LogP contribution in [0, 0.1) is 0 Å². The predicted molar refractivity (Wildman–Crippen MR) is 98.4 cm³/mol. The first-order chi connectivity index (χ1) is 13.7. The van der Waals surface area contributed by atoms with Gasteiger partial charge in [-0.1, -0.05) is 35.5 Å². The van der Waals surface area contributed by atoms with E-state index in [1.807, 2.05) is 30.3 Å². The second-order valence-corrected chi connectivity index (χ2v) is 6.50. The van der Waals surface area contributed by atoms with Gasteiger partial charge in [0.15, 0.2) is 5.82 Å². The Bertz CT molecular complexity index is 780. The minimum absolute atomic E-state index is 0.00429. The Morgan fingerprint density at radius 3 is 2.93 bits per heavy atom. The van der Waals surface area contributed by atoms with Crippen molar-refractivity contribution in [1.29, 1.82) is 0 Å². The van der Waals surface area contributed by atoms with Crippen molar-refractivity contribution in [3.8, 4) is 0 Å². The van der Waals surface area contributed by atoms with E-state index in [1.165, 1.54) is 7.11 Å². The standard InChI is InChI=1S/C19H24N4O5/c1-26-17(24)11-20-19(25)23-9-7-15(12-23)18-21-16(22-28-18)8-10-27-13-14-5-3-2-4-6-14/h2-6,15H,7-13H2,1H3,(H,20,25). The minimum Gasteiger partial charge on any atom is -0.468 e. The molecule has 9 nitrogen and oxygen atoms in total. The van der Waals surface area contributed by atoms with E-state index in [2.05, 4.69) is 20.2 Å². The highest BCUT2D eigenvalue weighted by Crippen LogP contribution is 2.25. The lowest BCUT2D eigenvalue weighted by atomic mass is 10.1. The number of amides is 2. The van der Waals surface area contributed by atoms with Crippen LogP contribution in [0.2, 0.25) is 0 Å². The van der Waals surface area contributed by atoms with Crippen molar-refractivity contribution in [3.63, 3.8) is 0 Å². The second kappa shape index (κ2) is 9.84. The Balaban J connectivity index is 1.40. The minimum atomic E-state index is -0.486. The number of hydrogen-bond acceptors (Lipinski definition) is 7. The molecule has 9 heteroatoms. The van der Waals surface area contributed by atoms with E-state index in [0.717, 1.165) is 12.0 Å². The molecule has 0 bridgehead atoms. The van der Waals surface area contributed by atoms with Gasteiger partial charge in [-0.2, -0.15) is 4.98 Å². The number of ether oxygens (including phenoxy) is 2. The Kier molecular flexibility index (Phi) is 6.96. The van der Waals surface area contributed by atoms with Gasteiger partial charge in [-0.05, 0) is 12.0 Å². The summed E-state index contributed by atoms with van der Waals surface area (Å²) in [5, 5.41) is 6.53. The summed E-state index contributed by atoms with van der Waals surface area (Å²) in [6.07, 6.45) is 1.30. The fraction of sp³-hybridized carbons (Fsp3) is 0.474. The summed E-state index contributed by atoms with van der Waals surface area (Å²) in [6, 6.07) is 9.65. The highest BCUT2D eigenvalue weighted by Gasteiger charge is 2.31. The zero-order chi connectivity index (χ0) is 19.8. The summed E-state index contributed by atoms with van der Waals surface area (Å²) in [5.41, 5.74) is 1.12. The molecule has 1 fully saturated rings. The molecule has 1 aromatic carbocycles. The third-order valence-corrected chi connectivity index (χ3v) is 4.50. The molecule has 1 atom stereocenters. The molecule has 0 saturated carbocycles. The van der Waals surface area contributed by atoms with Crippen LogP contribution in [0.5, 0.6) is 0 Å². The van der Waals surface area contributed by atoms with Gasteiger partial charge in [0.05, 0.1) is 26.2 Å². The fourth-order valence-electron chi connectivity index (χ4n) is 2.94. The van der Waals surface area contributed by atoms with Crippen LogP contribution in [0.15, 0.2) is 34.9 Å². The molecule has 28 heavy (non-hydrogen) atoms. The van der Waals surface area contributed by atoms with Gasteiger partial charge < -0.3 is 24.2 Å². The molecular formula is C19H24N4O5. The van der Waals surface area contributed by atoms with Gasteiger partial charge in [-0.25, -0.2) is 4.79 Å². The lowest BCUT2D eigenvalue weighted by molar-refractivity contribution is -0.139. The van der Waals surface area contributed by atoms with Crippen LogP contribution in [0.3, 0.4) is 0 Å². The van der Waals surface area contributed by atoms with Crippen LogP contribution in [-0.2, 0) is 27.3 Å². The second-order valence-electron chi connectivity index (χ2n) is 6.50. The Morgan fingerprint density at radius 1 is 1.32 bits per heavy atom. The highest BCUT2D eigenvalue weighted by molar-refractivity contribution is 5.81. The van der Waals surface area contributed by atoms with Crippen molar-refractivity contribution in [1.82, 2.24) is 20.4 Å². The average molecular weight is 388 g/mol. The smallest absolute Gasteiger partial charge is 0.325 e. The topological polar surface area (TPSA) is 107 Å². The molecule has 1 saturated heterocycles. The van der Waals surface area contributed by atoms with Crippen LogP contribution < -0.4 is 5.32 Å². The number of esters is 1. The van der Waals surface area contributed by atoms with Crippen LogP contribution in [0.4, 0.5) is 4.79 Å². The maximum Gasteiger partial charge on any atom is 0.325 e. The van der Waals surface area contributed by atoms with Gasteiger partial charge in [0.25, 0.3) is 0 Å². The van der Waals surface area contributed by atoms with Crippen molar-refractivity contribution < 1.29 is 23.6 Å². The quantitative estimate of drug-likeness (QED) is 0.539. The van der Waals surface area contributed by atoms with E-state index >= 15 is 0 Å². The number of hydrogen-bond donors (Lipinski definition) is 1. The largest absolute Gasteiger partial charge is 0.468 e. The van der Waals surface area contributed by atoms with Gasteiger partial charge in [0.1, 0.15) is 6.54 Å². The molecule has 3 rings (SSSR count). The first kappa shape index (κ1) is 19.8. The number of rotatable bonds is 8. The van der Waals surface area contributed by atoms with E-state index < -0.39 is 5.97 Å². The molecule has 1 N–H and O–H groups in total. The normalized spacial score (nSPS) is 16.2. The Hall–Kier alpha value is -2.94. The van der Waals surface area contributed by atoms with E-state index in [0.29, 0.717) is 44.4 Å². The van der Waals surface area contributed by atoms with Gasteiger partial charge in [-0.3, -0.25) is 4.79 Å². The molecule has 1 unspecified atom stereocenters. The zero-order valence-corrected chi connectivity index (χ0v) is 15.8. The Morgan fingerprint density at radius 2 is 2.14 bits per heavy atom. The first-order valence-electron chi connectivity index (χ1n) is 9.19. The number of carbonyl (C=O) groups is 2. The Labute approximate surface area is 163 Å². The summed E-state index contributed by atoms with van der Waals surface area (Å²) in [6.45, 7) is 1.93. The molecule has 2 heterocycles. The van der Waals surface area contributed by atoms with Gasteiger partial charge >= 0.3 is 12.0 Å². The number of aromatic nitrogens is 2. The summed E-state index contributed by atoms with van der Waals surface area (Å²) in [4.78, 5) is 29.2. The van der Waals surface area contributed by atoms with E-state index in [4.69, 9.17) is 9.26 Å². The van der Waals surface area contributed by atoms with Crippen molar-refractivity contribution >= 4 is 12.0 Å². The number of urea groups is 1. The van der Waals surface area contributed by atoms with Crippen LogP contribution in [-0.4, -0.2) is 60.4 Å². The highest BCUT2D eigenvalue weighted by atomic mass is 16.5. The molecule has 1 aliphatic heterocycles. The third kappa shape index (κ3) is 5.53. The first-order valence-corrected chi connectivity index (χ1v) is 9.19. The molecule has 0 radical (unpaired) electrons. The van der Waals surface area contributed by atoms with Gasteiger partial charge in [0.2, 0.25) is 5.89 Å². The average Bonchev–Trinajstić information content (AvgIpc) is 3.39. The number of nitrogens with zero attached hydrogens (tertiary/aromatic N) is 3. The third-order valence-electron chi connectivity index (χ3n) is 4.50. The number of nitrogens with one attached hydrogen (secondary N) is 1. The maximum atomic E-state index is 12.1. The van der Waals surface area contributed by atoms with Crippen molar-refractivity contribution in [2.75, 3.05) is 33.4 Å². The summed E-state index contributed by atoms with van der Waals surface area (Å²) < 4.78 is 15.5. The molecule has 2 aromatic rings. The van der Waals surface area contributed by atoms with Crippen molar-refractivity contribution in [2.24, 2.45) is 0 Å². The molecule has 2 amide bonds. The van der Waals surface area contributed by atoms with Crippen LogP contribution >= 0.6 is 0 Å². The number of carbonyl (C=O) groups excluding carboxylic acids is 2. The number of methoxy groups -OCH3 is 1. The molecule has 0 aliphatic carbocycles. The summed E-state index contributed by atoms with van der Waals surface area (Å²) in [7, 11) is 1.28. The molecule has 0 spiro atoms. The van der Waals surface area contributed by atoms with Crippen LogP contribution in [0.25, 0.3) is 0 Å². The number of likely N-dealkylation sites (tertiary alicyclic amines) is 1. The van der Waals surface area contributed by atoms with E-state index in [1.54, 1.807) is 4.90 Å². The SMILES string of the molecule is COC(=O)CNC(=O)N1CCC(c2nc(CCOCc3ccccc3)no2)C1. The number of benzene rings is 1. The molecular weight excluding hydrogens is 364 g/mol. The van der Waals surface area contributed by atoms with Gasteiger partial charge in [-0.15, -0.1) is 0 Å². The molecule has 1 aliphatic rings. The predicted octanol–water partition coefficient (Wildman–Crippen LogP) is 1.50. The van der Waals surface area contributed by atoms with E-state index in [9.17, 15) is 9.59 Å². The lowest BCUT2D eigenvalue weighted by Crippen LogP contribution is -2.40. The lowest BCUT2D eigenvalue weighted by Gasteiger charge is -2.16.